The van der Waals surface area contributed by atoms with Crippen LogP contribution in [0.3, 0.4) is 0 Å². The van der Waals surface area contributed by atoms with Gasteiger partial charge in [0.2, 0.25) is 0 Å². The van der Waals surface area contributed by atoms with E-state index in [4.69, 9.17) is 23.4 Å². The summed E-state index contributed by atoms with van der Waals surface area (Å²) < 4.78 is 26.8. The summed E-state index contributed by atoms with van der Waals surface area (Å²) in [6.07, 6.45) is -1.57. The topological polar surface area (TPSA) is 118 Å². The fourth-order valence-corrected chi connectivity index (χ4v) is 12.3. The van der Waals surface area contributed by atoms with E-state index < -0.39 is 47.4 Å². The van der Waals surface area contributed by atoms with Crippen LogP contribution in [0.25, 0.3) is 0 Å². The van der Waals surface area contributed by atoms with Gasteiger partial charge in [-0.25, -0.2) is 4.79 Å². The SMILES string of the molecule is CC[Si]1(CC)OCC2OC(n3ccc(N)nc3=O)C(O)C2O[Si](CC)(CC)O1. The lowest BCUT2D eigenvalue weighted by molar-refractivity contribution is -0.0582. The molecule has 0 aromatic carbocycles. The number of aromatic nitrogens is 2. The average molecular weight is 430 g/mol. The number of hydrogen-bond donors (Lipinski definition) is 2. The third-order valence-corrected chi connectivity index (χ3v) is 14.5. The second-order valence-electron chi connectivity index (χ2n) is 7.33. The maximum atomic E-state index is 12.2. The molecule has 1 aromatic rings. The van der Waals surface area contributed by atoms with Crippen LogP contribution in [0.5, 0.6) is 0 Å². The van der Waals surface area contributed by atoms with Crippen LogP contribution >= 0.6 is 0 Å². The van der Waals surface area contributed by atoms with Gasteiger partial charge in [0, 0.05) is 6.20 Å². The summed E-state index contributed by atoms with van der Waals surface area (Å²) in [6.45, 7) is 8.56. The minimum Gasteiger partial charge on any atom is -0.414 e. The van der Waals surface area contributed by atoms with E-state index in [2.05, 4.69) is 32.7 Å². The molecule has 3 heterocycles. The van der Waals surface area contributed by atoms with Crippen LogP contribution in [0.2, 0.25) is 24.2 Å². The summed E-state index contributed by atoms with van der Waals surface area (Å²) in [7, 11) is -5.01. The number of anilines is 1. The Hall–Kier alpha value is -1.09. The lowest BCUT2D eigenvalue weighted by atomic mass is 10.1. The van der Waals surface area contributed by atoms with E-state index in [0.29, 0.717) is 0 Å². The van der Waals surface area contributed by atoms with E-state index in [1.807, 2.05) is 0 Å². The first kappa shape index (κ1) is 21.6. The first-order chi connectivity index (χ1) is 13.3. The Labute approximate surface area is 167 Å². The smallest absolute Gasteiger partial charge is 0.351 e. The molecule has 0 amide bonds. The second kappa shape index (κ2) is 8.34. The van der Waals surface area contributed by atoms with Gasteiger partial charge in [-0.3, -0.25) is 4.57 Å². The highest BCUT2D eigenvalue weighted by Gasteiger charge is 2.55. The van der Waals surface area contributed by atoms with Crippen molar-refractivity contribution in [3.05, 3.63) is 22.7 Å². The van der Waals surface area contributed by atoms with Crippen molar-refractivity contribution in [3.63, 3.8) is 0 Å². The van der Waals surface area contributed by atoms with E-state index in [0.717, 1.165) is 24.2 Å². The lowest BCUT2D eigenvalue weighted by Gasteiger charge is -2.44. The molecule has 4 atom stereocenters. The van der Waals surface area contributed by atoms with Gasteiger partial charge in [0.1, 0.15) is 24.1 Å². The lowest BCUT2D eigenvalue weighted by Crippen LogP contribution is -2.60. The Bertz CT molecular complexity index is 740. The molecule has 0 aliphatic carbocycles. The van der Waals surface area contributed by atoms with Gasteiger partial charge in [-0.1, -0.05) is 27.7 Å². The number of nitrogens with zero attached hydrogens (tertiary/aromatic N) is 2. The first-order valence-electron chi connectivity index (χ1n) is 10.0. The Morgan fingerprint density at radius 1 is 1.21 bits per heavy atom. The number of nitrogen functional groups attached to an aromatic ring is 1. The standard InChI is InChI=1S/C17H31N3O6Si2/c1-5-27(6-2)23-11-12-15(25-28(7-3,8-4)26-27)14(21)16(24-12)20-10-9-13(18)19-17(20)22/h9-10,12,14-16,21H,5-8,11H2,1-4H3,(H2,18,19,22). The van der Waals surface area contributed by atoms with Gasteiger partial charge in [-0.2, -0.15) is 4.98 Å². The van der Waals surface area contributed by atoms with Crippen molar-refractivity contribution in [2.45, 2.75) is 76.4 Å². The molecule has 0 saturated carbocycles. The maximum absolute atomic E-state index is 12.2. The van der Waals surface area contributed by atoms with Gasteiger partial charge < -0.3 is 28.5 Å². The van der Waals surface area contributed by atoms with Crippen LogP contribution in [-0.4, -0.2) is 56.7 Å². The summed E-state index contributed by atoms with van der Waals surface area (Å²) in [5.74, 6) is 0.123. The molecule has 2 aliphatic heterocycles. The molecule has 0 radical (unpaired) electrons. The van der Waals surface area contributed by atoms with Gasteiger partial charge in [-0.15, -0.1) is 0 Å². The van der Waals surface area contributed by atoms with Crippen molar-refractivity contribution in [2.75, 3.05) is 12.3 Å². The van der Waals surface area contributed by atoms with Crippen molar-refractivity contribution in [3.8, 4) is 0 Å². The number of rotatable bonds is 5. The summed E-state index contributed by atoms with van der Waals surface area (Å²) in [5, 5.41) is 11.0. The van der Waals surface area contributed by atoms with E-state index in [1.165, 1.54) is 16.8 Å². The van der Waals surface area contributed by atoms with Gasteiger partial charge in [0.05, 0.1) is 6.61 Å². The van der Waals surface area contributed by atoms with E-state index >= 15 is 0 Å². The number of aliphatic hydroxyl groups excluding tert-OH is 1. The van der Waals surface area contributed by atoms with Crippen molar-refractivity contribution in [1.29, 1.82) is 0 Å². The fourth-order valence-electron chi connectivity index (χ4n) is 3.88. The maximum Gasteiger partial charge on any atom is 0.351 e. The van der Waals surface area contributed by atoms with Crippen LogP contribution in [-0.2, 0) is 17.7 Å². The minimum atomic E-state index is -2.60. The van der Waals surface area contributed by atoms with E-state index in [-0.39, 0.29) is 12.4 Å². The largest absolute Gasteiger partial charge is 0.414 e. The molecule has 3 rings (SSSR count). The molecule has 0 bridgehead atoms. The molecule has 9 nitrogen and oxygen atoms in total. The molecular weight excluding hydrogens is 398 g/mol. The summed E-state index contributed by atoms with van der Waals surface area (Å²) >= 11 is 0. The van der Waals surface area contributed by atoms with Crippen LogP contribution in [0.4, 0.5) is 5.82 Å². The van der Waals surface area contributed by atoms with Crippen LogP contribution in [0.15, 0.2) is 17.1 Å². The summed E-state index contributed by atoms with van der Waals surface area (Å²) in [6, 6.07) is 4.66. The Kier molecular flexibility index (Phi) is 6.44. The minimum absolute atomic E-state index is 0.123. The highest BCUT2D eigenvalue weighted by atomic mass is 28.5. The number of aliphatic hydroxyl groups is 1. The number of hydrogen-bond acceptors (Lipinski definition) is 8. The average Bonchev–Trinajstić information content (AvgIpc) is 2.98. The molecule has 4 unspecified atom stereocenters. The Balaban J connectivity index is 1.95. The Morgan fingerprint density at radius 3 is 2.43 bits per heavy atom. The molecule has 28 heavy (non-hydrogen) atoms. The molecular formula is C17H31N3O6Si2. The van der Waals surface area contributed by atoms with Crippen LogP contribution in [0.1, 0.15) is 33.9 Å². The molecule has 2 saturated heterocycles. The highest BCUT2D eigenvalue weighted by molar-refractivity contribution is 6.81. The molecule has 3 N–H and O–H groups in total. The molecule has 1 aromatic heterocycles. The molecule has 0 spiro atoms. The van der Waals surface area contributed by atoms with Crippen LogP contribution < -0.4 is 11.4 Å². The second-order valence-corrected chi connectivity index (χ2v) is 15.1. The van der Waals surface area contributed by atoms with Gasteiger partial charge in [-0.05, 0) is 30.2 Å². The fraction of sp³-hybridized carbons (Fsp3) is 0.765. The van der Waals surface area contributed by atoms with E-state index in [9.17, 15) is 9.90 Å². The summed E-state index contributed by atoms with van der Waals surface area (Å²) in [5.41, 5.74) is 5.00. The monoisotopic (exact) mass is 429 g/mol. The van der Waals surface area contributed by atoms with Gasteiger partial charge >= 0.3 is 22.8 Å². The predicted octanol–water partition coefficient (Wildman–Crippen LogP) is 1.48. The zero-order chi connectivity index (χ0) is 20.5. The third kappa shape index (κ3) is 3.84. The molecule has 2 aliphatic rings. The predicted molar refractivity (Wildman–Crippen MR) is 108 cm³/mol. The first-order valence-corrected chi connectivity index (χ1v) is 14.5. The highest BCUT2D eigenvalue weighted by Crippen LogP contribution is 2.39. The van der Waals surface area contributed by atoms with Crippen molar-refractivity contribution in [1.82, 2.24) is 9.55 Å². The van der Waals surface area contributed by atoms with Crippen molar-refractivity contribution < 1.29 is 22.8 Å². The van der Waals surface area contributed by atoms with Crippen molar-refractivity contribution in [2.24, 2.45) is 0 Å². The zero-order valence-corrected chi connectivity index (χ0v) is 19.0. The third-order valence-electron chi connectivity index (χ3n) is 5.82. The van der Waals surface area contributed by atoms with Gasteiger partial charge in [0.25, 0.3) is 0 Å². The van der Waals surface area contributed by atoms with Crippen molar-refractivity contribution >= 4 is 22.9 Å². The molecule has 11 heteroatoms. The summed E-state index contributed by atoms with van der Waals surface area (Å²) in [4.78, 5) is 16.0. The quantitative estimate of drug-likeness (QED) is 0.676. The number of ether oxygens (including phenoxy) is 1. The van der Waals surface area contributed by atoms with Crippen LogP contribution in [0, 0.1) is 0 Å². The Morgan fingerprint density at radius 2 is 1.86 bits per heavy atom. The molecule has 158 valence electrons. The number of fused-ring (bicyclic) bond motifs is 1. The van der Waals surface area contributed by atoms with E-state index in [1.54, 1.807) is 0 Å². The number of nitrogens with two attached hydrogens (primary N) is 1. The normalized spacial score (nSPS) is 31.8. The zero-order valence-electron chi connectivity index (χ0n) is 17.0. The van der Waals surface area contributed by atoms with Gasteiger partial charge in [0.15, 0.2) is 6.23 Å². The molecule has 2 fully saturated rings.